The van der Waals surface area contributed by atoms with E-state index in [9.17, 15) is 26.4 Å². The molecule has 2 aromatic carbocycles. The standard InChI is InChI=1S/C19H16F3N3O3S2/c1-25(12-13-2-6-15(7-3-13)19(20,21)22)17(26)14-4-8-16(9-5-14)30(27,28)24-18-23-10-11-29-18/h2-11H,12H2,1H3,(H,23,24). The first-order chi connectivity index (χ1) is 14.1. The quantitative estimate of drug-likeness (QED) is 0.603. The van der Waals surface area contributed by atoms with Gasteiger partial charge in [0.2, 0.25) is 0 Å². The third-order valence-electron chi connectivity index (χ3n) is 4.11. The van der Waals surface area contributed by atoms with Crippen LogP contribution in [0.5, 0.6) is 0 Å². The number of hydrogen-bond donors (Lipinski definition) is 1. The molecule has 0 saturated heterocycles. The molecule has 1 heterocycles. The van der Waals surface area contributed by atoms with Gasteiger partial charge in [-0.3, -0.25) is 9.52 Å². The van der Waals surface area contributed by atoms with Crippen LogP contribution in [0, 0.1) is 0 Å². The smallest absolute Gasteiger partial charge is 0.337 e. The fourth-order valence-corrected chi connectivity index (χ4v) is 4.38. The first kappa shape index (κ1) is 21.8. The zero-order valence-corrected chi connectivity index (χ0v) is 17.2. The van der Waals surface area contributed by atoms with Crippen LogP contribution in [0.3, 0.4) is 0 Å². The summed E-state index contributed by atoms with van der Waals surface area (Å²) in [6.07, 6.45) is -2.95. The molecule has 1 aromatic heterocycles. The summed E-state index contributed by atoms with van der Waals surface area (Å²) in [6.45, 7) is 0.0998. The van der Waals surface area contributed by atoms with E-state index in [-0.39, 0.29) is 22.1 Å². The molecule has 0 aliphatic heterocycles. The third-order valence-corrected chi connectivity index (χ3v) is 6.29. The van der Waals surface area contributed by atoms with E-state index in [0.717, 1.165) is 23.5 Å². The highest BCUT2D eigenvalue weighted by Crippen LogP contribution is 2.29. The van der Waals surface area contributed by atoms with Crippen LogP contribution >= 0.6 is 11.3 Å². The number of hydrogen-bond acceptors (Lipinski definition) is 5. The first-order valence-corrected chi connectivity index (χ1v) is 10.9. The summed E-state index contributed by atoms with van der Waals surface area (Å²) in [6, 6.07) is 9.90. The summed E-state index contributed by atoms with van der Waals surface area (Å²) >= 11 is 1.13. The molecule has 3 aromatic rings. The molecular formula is C19H16F3N3O3S2. The van der Waals surface area contributed by atoms with Gasteiger partial charge < -0.3 is 4.90 Å². The van der Waals surface area contributed by atoms with Crippen LogP contribution in [0.4, 0.5) is 18.3 Å². The van der Waals surface area contributed by atoms with Crippen molar-refractivity contribution in [3.8, 4) is 0 Å². The number of thiazole rings is 1. The molecule has 0 bridgehead atoms. The summed E-state index contributed by atoms with van der Waals surface area (Å²) < 4.78 is 64.9. The number of amides is 1. The van der Waals surface area contributed by atoms with E-state index >= 15 is 0 Å². The maximum Gasteiger partial charge on any atom is 0.416 e. The monoisotopic (exact) mass is 455 g/mol. The summed E-state index contributed by atoms with van der Waals surface area (Å²) in [4.78, 5) is 17.7. The van der Waals surface area contributed by atoms with Crippen molar-refractivity contribution in [2.24, 2.45) is 0 Å². The molecule has 0 aliphatic rings. The minimum Gasteiger partial charge on any atom is -0.337 e. The Hall–Kier alpha value is -2.92. The molecule has 0 atom stereocenters. The van der Waals surface area contributed by atoms with Crippen LogP contribution in [-0.4, -0.2) is 31.3 Å². The molecule has 1 amide bonds. The van der Waals surface area contributed by atoms with Crippen molar-refractivity contribution < 1.29 is 26.4 Å². The molecule has 0 fully saturated rings. The summed E-state index contributed by atoms with van der Waals surface area (Å²) in [5.41, 5.74) is 0.0201. The Kier molecular flexibility index (Phi) is 6.13. The number of anilines is 1. The zero-order chi connectivity index (χ0) is 21.9. The highest BCUT2D eigenvalue weighted by atomic mass is 32.2. The van der Waals surface area contributed by atoms with Crippen molar-refractivity contribution in [3.63, 3.8) is 0 Å². The van der Waals surface area contributed by atoms with Gasteiger partial charge in [-0.1, -0.05) is 12.1 Å². The number of benzene rings is 2. The summed E-state index contributed by atoms with van der Waals surface area (Å²) in [5, 5.41) is 1.86. The summed E-state index contributed by atoms with van der Waals surface area (Å²) in [5.74, 6) is -0.397. The highest BCUT2D eigenvalue weighted by molar-refractivity contribution is 7.93. The number of sulfonamides is 1. The van der Waals surface area contributed by atoms with Crippen LogP contribution < -0.4 is 4.72 Å². The number of carbonyl (C=O) groups is 1. The number of aromatic nitrogens is 1. The molecule has 11 heteroatoms. The first-order valence-electron chi connectivity index (χ1n) is 8.50. The van der Waals surface area contributed by atoms with Gasteiger partial charge in [0.1, 0.15) is 0 Å². The van der Waals surface area contributed by atoms with E-state index < -0.39 is 27.7 Å². The van der Waals surface area contributed by atoms with Crippen LogP contribution in [0.2, 0.25) is 0 Å². The molecule has 6 nitrogen and oxygen atoms in total. The maximum atomic E-state index is 12.6. The van der Waals surface area contributed by atoms with E-state index in [2.05, 4.69) is 9.71 Å². The van der Waals surface area contributed by atoms with E-state index in [4.69, 9.17) is 0 Å². The minimum absolute atomic E-state index is 0.0281. The molecule has 1 N–H and O–H groups in total. The van der Waals surface area contributed by atoms with Gasteiger partial charge >= 0.3 is 6.18 Å². The predicted molar refractivity (Wildman–Crippen MR) is 107 cm³/mol. The molecular weight excluding hydrogens is 439 g/mol. The van der Waals surface area contributed by atoms with Gasteiger partial charge in [0.05, 0.1) is 10.5 Å². The van der Waals surface area contributed by atoms with Gasteiger partial charge in [0.25, 0.3) is 15.9 Å². The van der Waals surface area contributed by atoms with Crippen LogP contribution in [0.15, 0.2) is 65.0 Å². The Morgan fingerprint density at radius 2 is 1.73 bits per heavy atom. The van der Waals surface area contributed by atoms with Crippen LogP contribution in [-0.2, 0) is 22.7 Å². The predicted octanol–water partition coefficient (Wildman–Crippen LogP) is 4.23. The van der Waals surface area contributed by atoms with E-state index in [1.807, 2.05) is 0 Å². The third kappa shape index (κ3) is 5.16. The molecule has 0 aliphatic carbocycles. The lowest BCUT2D eigenvalue weighted by molar-refractivity contribution is -0.137. The van der Waals surface area contributed by atoms with Gasteiger partial charge in [-0.25, -0.2) is 13.4 Å². The lowest BCUT2D eigenvalue weighted by Gasteiger charge is -2.18. The van der Waals surface area contributed by atoms with Crippen molar-refractivity contribution in [1.29, 1.82) is 0 Å². The van der Waals surface area contributed by atoms with Crippen LogP contribution in [0.25, 0.3) is 0 Å². The Morgan fingerprint density at radius 1 is 1.10 bits per heavy atom. The van der Waals surface area contributed by atoms with E-state index in [1.54, 1.807) is 5.38 Å². The molecule has 3 rings (SSSR count). The number of nitrogens with zero attached hydrogens (tertiary/aromatic N) is 2. The number of alkyl halides is 3. The van der Waals surface area contributed by atoms with Gasteiger partial charge in [-0.2, -0.15) is 13.2 Å². The van der Waals surface area contributed by atoms with Crippen LogP contribution in [0.1, 0.15) is 21.5 Å². The number of nitrogens with one attached hydrogen (secondary N) is 1. The number of halogens is 3. The van der Waals surface area contributed by atoms with E-state index in [1.165, 1.54) is 54.5 Å². The second-order valence-electron chi connectivity index (χ2n) is 6.32. The minimum atomic E-state index is -4.42. The normalized spacial score (nSPS) is 11.9. The SMILES string of the molecule is CN(Cc1ccc(C(F)(F)F)cc1)C(=O)c1ccc(S(=O)(=O)Nc2nccs2)cc1. The Bertz CT molecular complexity index is 1110. The lowest BCUT2D eigenvalue weighted by Crippen LogP contribution is -2.26. The fraction of sp³-hybridized carbons (Fsp3) is 0.158. The zero-order valence-electron chi connectivity index (χ0n) is 15.6. The molecule has 0 spiro atoms. The van der Waals surface area contributed by atoms with Crippen molar-refractivity contribution >= 4 is 32.4 Å². The largest absolute Gasteiger partial charge is 0.416 e. The average molecular weight is 455 g/mol. The van der Waals surface area contributed by atoms with Gasteiger partial charge in [0.15, 0.2) is 5.13 Å². The number of rotatable bonds is 6. The second-order valence-corrected chi connectivity index (χ2v) is 8.90. The van der Waals surface area contributed by atoms with Gasteiger partial charge in [-0.15, -0.1) is 11.3 Å². The molecule has 0 unspecified atom stereocenters. The highest BCUT2D eigenvalue weighted by Gasteiger charge is 2.30. The topological polar surface area (TPSA) is 79.4 Å². The Labute approximate surface area is 175 Å². The van der Waals surface area contributed by atoms with Gasteiger partial charge in [0, 0.05) is 30.7 Å². The molecule has 30 heavy (non-hydrogen) atoms. The van der Waals surface area contributed by atoms with E-state index in [0.29, 0.717) is 5.56 Å². The van der Waals surface area contributed by atoms with Crippen molar-refractivity contribution in [2.75, 3.05) is 11.8 Å². The van der Waals surface area contributed by atoms with Crippen molar-refractivity contribution in [2.45, 2.75) is 17.6 Å². The molecule has 0 saturated carbocycles. The second kappa shape index (κ2) is 8.44. The number of carbonyl (C=O) groups excluding carboxylic acids is 1. The maximum absolute atomic E-state index is 12.6. The Morgan fingerprint density at radius 3 is 2.27 bits per heavy atom. The Balaban J connectivity index is 1.67. The summed E-state index contributed by atoms with van der Waals surface area (Å²) in [7, 11) is -2.32. The average Bonchev–Trinajstić information content (AvgIpc) is 3.19. The molecule has 0 radical (unpaired) electrons. The van der Waals surface area contributed by atoms with Crippen molar-refractivity contribution in [3.05, 3.63) is 76.8 Å². The lowest BCUT2D eigenvalue weighted by atomic mass is 10.1. The van der Waals surface area contributed by atoms with Crippen molar-refractivity contribution in [1.82, 2.24) is 9.88 Å². The molecule has 158 valence electrons. The fourth-order valence-electron chi connectivity index (χ4n) is 2.59. The van der Waals surface area contributed by atoms with Gasteiger partial charge in [-0.05, 0) is 42.0 Å².